The second-order valence-electron chi connectivity index (χ2n) is 4.87. The summed E-state index contributed by atoms with van der Waals surface area (Å²) in [7, 11) is 1.03. The van der Waals surface area contributed by atoms with Crippen LogP contribution in [0.5, 0.6) is 0 Å². The zero-order chi connectivity index (χ0) is 16.1. The summed E-state index contributed by atoms with van der Waals surface area (Å²) >= 11 is 1.27. The van der Waals surface area contributed by atoms with E-state index in [-0.39, 0.29) is 6.42 Å². The molecule has 120 valence electrons. The molecule has 0 heterocycles. The fourth-order valence-corrected chi connectivity index (χ4v) is 3.08. The number of carbonyl (C=O) groups is 1. The number of methoxy groups -OCH3 is 1. The number of allylic oxidation sites excluding steroid dienone is 1. The van der Waals surface area contributed by atoms with Gasteiger partial charge in [0.1, 0.15) is 0 Å². The van der Waals surface area contributed by atoms with E-state index in [0.717, 1.165) is 19.6 Å². The molecule has 0 aromatic heterocycles. The van der Waals surface area contributed by atoms with E-state index in [4.69, 9.17) is 5.11 Å². The lowest BCUT2D eigenvalue weighted by Gasteiger charge is -2.32. The molecule has 0 aliphatic heterocycles. The molecule has 0 fully saturated rings. The van der Waals surface area contributed by atoms with E-state index in [0.29, 0.717) is 17.1 Å². The molecule has 21 heavy (non-hydrogen) atoms. The third-order valence-corrected chi connectivity index (χ3v) is 4.61. The highest BCUT2D eigenvalue weighted by Gasteiger charge is 2.53. The molecule has 0 radical (unpaired) electrons. The Balaban J connectivity index is 2.64. The zero-order valence-electron chi connectivity index (χ0n) is 11.9. The van der Waals surface area contributed by atoms with Crippen LogP contribution in [0.3, 0.4) is 0 Å². The SMILES string of the molecule is CCCC(CSC1=CCC(OC)(C(F)(F)F)C=C1)C(=O)O. The summed E-state index contributed by atoms with van der Waals surface area (Å²) in [4.78, 5) is 11.7. The number of thioether (sulfide) groups is 1. The lowest BCUT2D eigenvalue weighted by atomic mass is 9.94. The van der Waals surface area contributed by atoms with E-state index in [1.54, 1.807) is 0 Å². The summed E-state index contributed by atoms with van der Waals surface area (Å²) in [5.74, 6) is -0.997. The van der Waals surface area contributed by atoms with E-state index in [1.165, 1.54) is 23.9 Å². The number of hydrogen-bond donors (Lipinski definition) is 1. The van der Waals surface area contributed by atoms with Gasteiger partial charge in [-0.15, -0.1) is 11.8 Å². The predicted molar refractivity (Wildman–Crippen MR) is 76.1 cm³/mol. The Bertz CT molecular complexity index is 432. The Kier molecular flexibility index (Phi) is 6.34. The van der Waals surface area contributed by atoms with Gasteiger partial charge in [0.05, 0.1) is 5.92 Å². The maximum atomic E-state index is 13.0. The van der Waals surface area contributed by atoms with Crippen LogP contribution in [0.4, 0.5) is 13.2 Å². The average molecular weight is 324 g/mol. The number of rotatable bonds is 7. The van der Waals surface area contributed by atoms with Crippen molar-refractivity contribution in [3.63, 3.8) is 0 Å². The number of hydrogen-bond acceptors (Lipinski definition) is 3. The minimum absolute atomic E-state index is 0.294. The van der Waals surface area contributed by atoms with Gasteiger partial charge in [-0.05, 0) is 18.6 Å². The molecule has 0 saturated carbocycles. The van der Waals surface area contributed by atoms with Crippen molar-refractivity contribution in [2.75, 3.05) is 12.9 Å². The van der Waals surface area contributed by atoms with Gasteiger partial charge in [0, 0.05) is 24.2 Å². The summed E-state index contributed by atoms with van der Waals surface area (Å²) in [5, 5.41) is 9.04. The summed E-state index contributed by atoms with van der Waals surface area (Å²) < 4.78 is 43.5. The van der Waals surface area contributed by atoms with Crippen LogP contribution in [-0.2, 0) is 9.53 Å². The first-order chi connectivity index (χ1) is 9.75. The van der Waals surface area contributed by atoms with Crippen molar-refractivity contribution < 1.29 is 27.8 Å². The smallest absolute Gasteiger partial charge is 0.421 e. The number of alkyl halides is 3. The highest BCUT2D eigenvalue weighted by molar-refractivity contribution is 8.03. The molecule has 0 aromatic carbocycles. The maximum absolute atomic E-state index is 13.0. The van der Waals surface area contributed by atoms with Crippen molar-refractivity contribution in [1.29, 1.82) is 0 Å². The molecule has 7 heteroatoms. The van der Waals surface area contributed by atoms with Gasteiger partial charge in [-0.25, -0.2) is 0 Å². The number of aliphatic carboxylic acids is 1. The molecule has 0 bridgehead atoms. The molecule has 2 unspecified atom stereocenters. The predicted octanol–water partition coefficient (Wildman–Crippen LogP) is 4.01. The number of halogens is 3. The Morgan fingerprint density at radius 1 is 1.57 bits per heavy atom. The fraction of sp³-hybridized carbons (Fsp3) is 0.643. The lowest BCUT2D eigenvalue weighted by molar-refractivity contribution is -0.248. The van der Waals surface area contributed by atoms with E-state index < -0.39 is 23.7 Å². The zero-order valence-corrected chi connectivity index (χ0v) is 12.8. The minimum atomic E-state index is -4.48. The van der Waals surface area contributed by atoms with Crippen LogP contribution in [-0.4, -0.2) is 35.7 Å². The second kappa shape index (κ2) is 7.35. The van der Waals surface area contributed by atoms with Crippen LogP contribution < -0.4 is 0 Å². The molecule has 1 N–H and O–H groups in total. The van der Waals surface area contributed by atoms with Gasteiger partial charge in [0.2, 0.25) is 0 Å². The van der Waals surface area contributed by atoms with Gasteiger partial charge in [-0.3, -0.25) is 4.79 Å². The number of carboxylic acid groups (broad SMARTS) is 1. The van der Waals surface area contributed by atoms with Gasteiger partial charge in [-0.2, -0.15) is 13.2 Å². The second-order valence-corrected chi connectivity index (χ2v) is 5.96. The monoisotopic (exact) mass is 324 g/mol. The molecule has 1 rings (SSSR count). The molecule has 0 saturated heterocycles. The van der Waals surface area contributed by atoms with Crippen molar-refractivity contribution in [2.45, 2.75) is 38.0 Å². The average Bonchev–Trinajstić information content (AvgIpc) is 2.42. The van der Waals surface area contributed by atoms with E-state index in [1.807, 2.05) is 6.92 Å². The van der Waals surface area contributed by atoms with Crippen LogP contribution in [0, 0.1) is 5.92 Å². The standard InChI is InChI=1S/C14H19F3O3S/c1-3-4-10(12(18)19)9-21-11-5-7-13(20-2,8-6-11)14(15,16)17/h5-7,10H,3-4,8-9H2,1-2H3,(H,18,19). The Morgan fingerprint density at radius 3 is 2.62 bits per heavy atom. The van der Waals surface area contributed by atoms with Crippen molar-refractivity contribution >= 4 is 17.7 Å². The Morgan fingerprint density at radius 2 is 2.24 bits per heavy atom. The Hall–Kier alpha value is -0.950. The van der Waals surface area contributed by atoms with Crippen LogP contribution in [0.15, 0.2) is 23.1 Å². The quantitative estimate of drug-likeness (QED) is 0.768. The van der Waals surface area contributed by atoms with Crippen LogP contribution in [0.25, 0.3) is 0 Å². The van der Waals surface area contributed by atoms with Crippen LogP contribution in [0.2, 0.25) is 0 Å². The number of ether oxygens (including phenoxy) is 1. The normalized spacial score (nSPS) is 23.8. The molecule has 1 aliphatic rings. The van der Waals surface area contributed by atoms with Gasteiger partial charge in [-0.1, -0.05) is 19.4 Å². The third kappa shape index (κ3) is 4.51. The first-order valence-corrected chi connectivity index (χ1v) is 7.61. The molecule has 0 aromatic rings. The summed E-state index contributed by atoms with van der Waals surface area (Å²) in [6, 6.07) is 0. The fourth-order valence-electron chi connectivity index (χ4n) is 2.01. The van der Waals surface area contributed by atoms with Crippen LogP contribution >= 0.6 is 11.8 Å². The number of carboxylic acids is 1. The van der Waals surface area contributed by atoms with E-state index in [2.05, 4.69) is 4.74 Å². The highest BCUT2D eigenvalue weighted by atomic mass is 32.2. The summed E-state index contributed by atoms with van der Waals surface area (Å²) in [6.07, 6.45) is 0.360. The van der Waals surface area contributed by atoms with Crippen molar-refractivity contribution in [3.8, 4) is 0 Å². The Labute approximate surface area is 126 Å². The molecule has 3 nitrogen and oxygen atoms in total. The molecular formula is C14H19F3O3S. The minimum Gasteiger partial charge on any atom is -0.481 e. The van der Waals surface area contributed by atoms with E-state index in [9.17, 15) is 18.0 Å². The van der Waals surface area contributed by atoms with Crippen molar-refractivity contribution in [1.82, 2.24) is 0 Å². The molecule has 1 aliphatic carbocycles. The molecule has 0 amide bonds. The maximum Gasteiger partial charge on any atom is 0.421 e. The topological polar surface area (TPSA) is 46.5 Å². The van der Waals surface area contributed by atoms with Crippen LogP contribution in [0.1, 0.15) is 26.2 Å². The summed E-state index contributed by atoms with van der Waals surface area (Å²) in [6.45, 7) is 1.90. The summed E-state index contributed by atoms with van der Waals surface area (Å²) in [5.41, 5.74) is -2.27. The first kappa shape index (κ1) is 18.1. The first-order valence-electron chi connectivity index (χ1n) is 6.62. The molecule has 0 spiro atoms. The lowest BCUT2D eigenvalue weighted by Crippen LogP contribution is -2.45. The van der Waals surface area contributed by atoms with Gasteiger partial charge >= 0.3 is 12.1 Å². The van der Waals surface area contributed by atoms with Gasteiger partial charge in [0.25, 0.3) is 0 Å². The highest BCUT2D eigenvalue weighted by Crippen LogP contribution is 2.41. The third-order valence-electron chi connectivity index (χ3n) is 3.40. The van der Waals surface area contributed by atoms with E-state index >= 15 is 0 Å². The molecular weight excluding hydrogens is 305 g/mol. The van der Waals surface area contributed by atoms with Gasteiger partial charge in [0.15, 0.2) is 5.60 Å². The van der Waals surface area contributed by atoms with Gasteiger partial charge < -0.3 is 9.84 Å². The molecule has 2 atom stereocenters. The van der Waals surface area contributed by atoms with Crippen molar-refractivity contribution in [2.24, 2.45) is 5.92 Å². The van der Waals surface area contributed by atoms with Crippen molar-refractivity contribution in [3.05, 3.63) is 23.1 Å². The largest absolute Gasteiger partial charge is 0.481 e.